The molecular formula is C16H14O4. The molecule has 0 aliphatic carbocycles. The van der Waals surface area contributed by atoms with Crippen molar-refractivity contribution in [1.29, 1.82) is 0 Å². The zero-order chi connectivity index (χ0) is 13.6. The standard InChI is InChI=1S/C8H8O2.C8H6O2/c2*1-2-4-8-7(3-1)9-5-6-10-8/h1-4H,5-6H2;1-6H. The van der Waals surface area contributed by atoms with E-state index in [9.17, 15) is 0 Å². The van der Waals surface area contributed by atoms with Gasteiger partial charge in [-0.2, -0.15) is 0 Å². The van der Waals surface area contributed by atoms with Gasteiger partial charge in [0.05, 0.1) is 0 Å². The predicted molar refractivity (Wildman–Crippen MR) is 74.3 cm³/mol. The molecule has 0 N–H and O–H groups in total. The molecule has 0 fully saturated rings. The molecule has 2 heterocycles. The molecule has 2 aliphatic heterocycles. The molecule has 0 spiro atoms. The first kappa shape index (κ1) is 12.4. The second kappa shape index (κ2) is 6.02. The Morgan fingerprint density at radius 3 is 1.40 bits per heavy atom. The van der Waals surface area contributed by atoms with E-state index < -0.39 is 0 Å². The normalized spacial score (nSPS) is 14.0. The predicted octanol–water partition coefficient (Wildman–Crippen LogP) is 3.39. The minimum atomic E-state index is 0.664. The van der Waals surface area contributed by atoms with Gasteiger partial charge in [0, 0.05) is 0 Å². The second-order valence-corrected chi connectivity index (χ2v) is 4.10. The first-order valence-corrected chi connectivity index (χ1v) is 6.35. The number of para-hydroxylation sites is 4. The number of benzene rings is 2. The summed E-state index contributed by atoms with van der Waals surface area (Å²) in [5, 5.41) is 0. The van der Waals surface area contributed by atoms with Crippen LogP contribution < -0.4 is 18.9 Å². The van der Waals surface area contributed by atoms with Gasteiger partial charge in [-0.05, 0) is 24.3 Å². The lowest BCUT2D eigenvalue weighted by Gasteiger charge is -2.17. The summed E-state index contributed by atoms with van der Waals surface area (Å²) in [6, 6.07) is 15.2. The summed E-state index contributed by atoms with van der Waals surface area (Å²) in [4.78, 5) is 0. The minimum Gasteiger partial charge on any atom is -0.486 e. The maximum absolute atomic E-state index is 5.30. The van der Waals surface area contributed by atoms with Gasteiger partial charge in [-0.15, -0.1) is 0 Å². The number of fused-ring (bicyclic) bond motifs is 2. The smallest absolute Gasteiger partial charge is 0.169 e. The van der Waals surface area contributed by atoms with Crippen molar-refractivity contribution in [2.45, 2.75) is 0 Å². The van der Waals surface area contributed by atoms with Gasteiger partial charge in [-0.25, -0.2) is 0 Å². The van der Waals surface area contributed by atoms with E-state index in [1.165, 1.54) is 12.5 Å². The number of rotatable bonds is 0. The molecule has 2 aromatic rings. The van der Waals surface area contributed by atoms with Crippen LogP contribution in [0, 0.1) is 0 Å². The molecule has 4 rings (SSSR count). The van der Waals surface area contributed by atoms with Gasteiger partial charge >= 0.3 is 0 Å². The first-order chi connectivity index (χ1) is 9.93. The summed E-state index contributed by atoms with van der Waals surface area (Å²) in [5.41, 5.74) is 0. The number of ether oxygens (including phenoxy) is 4. The van der Waals surface area contributed by atoms with Crippen molar-refractivity contribution in [3.8, 4) is 23.0 Å². The molecule has 0 atom stereocenters. The highest BCUT2D eigenvalue weighted by Crippen LogP contribution is 2.29. The fourth-order valence-corrected chi connectivity index (χ4v) is 1.84. The Morgan fingerprint density at radius 1 is 0.550 bits per heavy atom. The number of hydrogen-bond acceptors (Lipinski definition) is 4. The summed E-state index contributed by atoms with van der Waals surface area (Å²) < 4.78 is 20.8. The Labute approximate surface area is 117 Å². The average Bonchev–Trinajstić information content (AvgIpc) is 2.56. The molecule has 0 bridgehead atoms. The second-order valence-electron chi connectivity index (χ2n) is 4.10. The van der Waals surface area contributed by atoms with Crippen LogP contribution in [0.25, 0.3) is 0 Å². The van der Waals surface area contributed by atoms with Crippen molar-refractivity contribution in [1.82, 2.24) is 0 Å². The molecule has 0 radical (unpaired) electrons. The SMILES string of the molecule is C1=COc2ccccc2O1.c1ccc2c(c1)OCCO2. The third kappa shape index (κ3) is 2.85. The zero-order valence-corrected chi connectivity index (χ0v) is 10.8. The Kier molecular flexibility index (Phi) is 3.73. The monoisotopic (exact) mass is 270 g/mol. The first-order valence-electron chi connectivity index (χ1n) is 6.35. The average molecular weight is 270 g/mol. The molecule has 4 nitrogen and oxygen atoms in total. The lowest BCUT2D eigenvalue weighted by atomic mass is 10.3. The summed E-state index contributed by atoms with van der Waals surface area (Å²) in [6.07, 6.45) is 3.03. The maximum atomic E-state index is 5.30. The molecule has 0 saturated heterocycles. The zero-order valence-electron chi connectivity index (χ0n) is 10.8. The highest BCUT2D eigenvalue weighted by molar-refractivity contribution is 5.41. The Morgan fingerprint density at radius 2 is 0.950 bits per heavy atom. The van der Waals surface area contributed by atoms with Crippen molar-refractivity contribution in [2.75, 3.05) is 13.2 Å². The molecule has 20 heavy (non-hydrogen) atoms. The molecule has 0 amide bonds. The van der Waals surface area contributed by atoms with Crippen molar-refractivity contribution < 1.29 is 18.9 Å². The minimum absolute atomic E-state index is 0.664. The molecule has 0 unspecified atom stereocenters. The van der Waals surface area contributed by atoms with Crippen molar-refractivity contribution in [3.05, 3.63) is 61.1 Å². The number of hydrogen-bond donors (Lipinski definition) is 0. The van der Waals surface area contributed by atoms with E-state index in [1.807, 2.05) is 48.5 Å². The lowest BCUT2D eigenvalue weighted by Crippen LogP contribution is -2.14. The largest absolute Gasteiger partial charge is 0.486 e. The van der Waals surface area contributed by atoms with Crippen LogP contribution in [0.1, 0.15) is 0 Å². The highest BCUT2D eigenvalue weighted by atomic mass is 16.6. The molecule has 2 aliphatic rings. The van der Waals surface area contributed by atoms with E-state index in [-0.39, 0.29) is 0 Å². The Balaban J connectivity index is 0.000000121. The van der Waals surface area contributed by atoms with Gasteiger partial charge in [-0.3, -0.25) is 0 Å². The topological polar surface area (TPSA) is 36.9 Å². The van der Waals surface area contributed by atoms with Crippen LogP contribution in [0.2, 0.25) is 0 Å². The fraction of sp³-hybridized carbons (Fsp3) is 0.125. The van der Waals surface area contributed by atoms with Crippen molar-refractivity contribution in [3.63, 3.8) is 0 Å². The van der Waals surface area contributed by atoms with E-state index in [0.717, 1.165) is 23.0 Å². The van der Waals surface area contributed by atoms with Crippen molar-refractivity contribution in [2.24, 2.45) is 0 Å². The van der Waals surface area contributed by atoms with Crippen LogP contribution >= 0.6 is 0 Å². The third-order valence-corrected chi connectivity index (χ3v) is 2.74. The molecule has 102 valence electrons. The van der Waals surface area contributed by atoms with Gasteiger partial charge in [0.15, 0.2) is 23.0 Å². The van der Waals surface area contributed by atoms with Crippen molar-refractivity contribution >= 4 is 0 Å². The summed E-state index contributed by atoms with van der Waals surface area (Å²) in [7, 11) is 0. The van der Waals surface area contributed by atoms with Crippen LogP contribution in [0.4, 0.5) is 0 Å². The molecule has 2 aromatic carbocycles. The molecular weight excluding hydrogens is 256 g/mol. The van der Waals surface area contributed by atoms with E-state index in [2.05, 4.69) is 0 Å². The van der Waals surface area contributed by atoms with Crippen LogP contribution in [0.5, 0.6) is 23.0 Å². The third-order valence-electron chi connectivity index (χ3n) is 2.74. The van der Waals surface area contributed by atoms with Gasteiger partial charge in [0.1, 0.15) is 25.7 Å². The Bertz CT molecular complexity index is 555. The summed E-state index contributed by atoms with van der Waals surface area (Å²) >= 11 is 0. The van der Waals surface area contributed by atoms with Gasteiger partial charge in [0.25, 0.3) is 0 Å². The molecule has 4 heteroatoms. The van der Waals surface area contributed by atoms with E-state index in [1.54, 1.807) is 0 Å². The van der Waals surface area contributed by atoms with Gasteiger partial charge in [0.2, 0.25) is 0 Å². The van der Waals surface area contributed by atoms with E-state index >= 15 is 0 Å². The van der Waals surface area contributed by atoms with Gasteiger partial charge in [-0.1, -0.05) is 24.3 Å². The summed E-state index contributed by atoms with van der Waals surface area (Å²) in [5.74, 6) is 3.25. The highest BCUT2D eigenvalue weighted by Gasteiger charge is 2.08. The van der Waals surface area contributed by atoms with Crippen LogP contribution in [0.15, 0.2) is 61.1 Å². The Hall–Kier alpha value is -2.62. The van der Waals surface area contributed by atoms with Crippen LogP contribution in [-0.4, -0.2) is 13.2 Å². The quantitative estimate of drug-likeness (QED) is 0.735. The van der Waals surface area contributed by atoms with E-state index in [0.29, 0.717) is 13.2 Å². The lowest BCUT2D eigenvalue weighted by molar-refractivity contribution is 0.171. The van der Waals surface area contributed by atoms with Gasteiger partial charge < -0.3 is 18.9 Å². The molecule has 0 saturated carbocycles. The maximum Gasteiger partial charge on any atom is 0.169 e. The summed E-state index contributed by atoms with van der Waals surface area (Å²) in [6.45, 7) is 1.33. The fourth-order valence-electron chi connectivity index (χ4n) is 1.84. The van der Waals surface area contributed by atoms with Crippen LogP contribution in [-0.2, 0) is 0 Å². The van der Waals surface area contributed by atoms with Crippen LogP contribution in [0.3, 0.4) is 0 Å². The van der Waals surface area contributed by atoms with E-state index in [4.69, 9.17) is 18.9 Å². The molecule has 0 aromatic heterocycles.